The molecule has 5 nitrogen and oxygen atoms in total. The van der Waals surface area contributed by atoms with Crippen molar-refractivity contribution < 1.29 is 31.1 Å². The predicted molar refractivity (Wildman–Crippen MR) is 102 cm³/mol. The van der Waals surface area contributed by atoms with Crippen LogP contribution in [0.3, 0.4) is 0 Å². The Morgan fingerprint density at radius 1 is 1.30 bits per heavy atom. The summed E-state index contributed by atoms with van der Waals surface area (Å²) in [6, 6.07) is 3.21. The minimum absolute atomic E-state index is 0.0743. The van der Waals surface area contributed by atoms with Crippen molar-refractivity contribution in [2.45, 2.75) is 36.9 Å². The van der Waals surface area contributed by atoms with Gasteiger partial charge in [0.1, 0.15) is 10.9 Å². The molecule has 0 aliphatic rings. The molecule has 1 unspecified atom stereocenters. The molecule has 0 spiro atoms. The Morgan fingerprint density at radius 2 is 2.00 bits per heavy atom. The summed E-state index contributed by atoms with van der Waals surface area (Å²) in [7, 11) is 0. The number of amides is 1. The molecule has 1 atom stereocenters. The second-order valence-corrected chi connectivity index (χ2v) is 7.59. The van der Waals surface area contributed by atoms with E-state index in [0.717, 1.165) is 4.90 Å². The van der Waals surface area contributed by atoms with Gasteiger partial charge >= 0.3 is 12.4 Å². The lowest BCUT2D eigenvalue weighted by Crippen LogP contribution is -2.38. The molecule has 0 radical (unpaired) electrons. The predicted octanol–water partition coefficient (Wildman–Crippen LogP) is 5.28. The highest BCUT2D eigenvalue weighted by Crippen LogP contribution is 2.34. The van der Waals surface area contributed by atoms with E-state index in [1.807, 2.05) is 0 Å². The standard InChI is InChI=1S/C17H17ClF6N4OS/c1-30-13(17(22,23)24)8-14(29)27(7-3-5-16(19,20)21)12-10-28(26-15(12)18)11-4-2-6-25-9-11/h2,4,6,9-10,13H,3,5,7-8H2,1H3. The second-order valence-electron chi connectivity index (χ2n) is 6.20. The summed E-state index contributed by atoms with van der Waals surface area (Å²) >= 11 is 6.50. The van der Waals surface area contributed by atoms with Crippen LogP contribution < -0.4 is 4.90 Å². The zero-order valence-electron chi connectivity index (χ0n) is 15.5. The summed E-state index contributed by atoms with van der Waals surface area (Å²) in [5.74, 6) is -0.999. The van der Waals surface area contributed by atoms with Crippen molar-refractivity contribution in [3.63, 3.8) is 0 Å². The lowest BCUT2D eigenvalue weighted by atomic mass is 10.2. The first-order valence-electron chi connectivity index (χ1n) is 8.54. The van der Waals surface area contributed by atoms with Gasteiger partial charge in [-0.3, -0.25) is 9.78 Å². The highest BCUT2D eigenvalue weighted by Gasteiger charge is 2.41. The van der Waals surface area contributed by atoms with Crippen molar-refractivity contribution in [3.8, 4) is 5.69 Å². The molecule has 2 rings (SSSR count). The van der Waals surface area contributed by atoms with Crippen molar-refractivity contribution in [2.75, 3.05) is 17.7 Å². The third-order valence-electron chi connectivity index (χ3n) is 4.01. The van der Waals surface area contributed by atoms with Gasteiger partial charge in [0.2, 0.25) is 5.91 Å². The summed E-state index contributed by atoms with van der Waals surface area (Å²) in [4.78, 5) is 17.4. The van der Waals surface area contributed by atoms with Crippen molar-refractivity contribution in [1.29, 1.82) is 0 Å². The Labute approximate surface area is 177 Å². The normalized spacial score (nSPS) is 13.3. The smallest absolute Gasteiger partial charge is 0.308 e. The number of anilines is 1. The largest absolute Gasteiger partial charge is 0.401 e. The Balaban J connectivity index is 2.31. The number of aromatic nitrogens is 3. The first-order chi connectivity index (χ1) is 13.9. The quantitative estimate of drug-likeness (QED) is 0.488. The van der Waals surface area contributed by atoms with Gasteiger partial charge in [0, 0.05) is 25.6 Å². The van der Waals surface area contributed by atoms with Gasteiger partial charge < -0.3 is 4.90 Å². The lowest BCUT2D eigenvalue weighted by Gasteiger charge is -2.25. The zero-order valence-corrected chi connectivity index (χ0v) is 17.1. The van der Waals surface area contributed by atoms with E-state index in [4.69, 9.17) is 11.6 Å². The molecule has 0 saturated heterocycles. The molecule has 30 heavy (non-hydrogen) atoms. The Kier molecular flexibility index (Phi) is 8.03. The molecular weight excluding hydrogens is 458 g/mol. The van der Waals surface area contributed by atoms with Crippen LogP contribution in [0.15, 0.2) is 30.7 Å². The maximum absolute atomic E-state index is 13.1. The minimum atomic E-state index is -4.64. The number of rotatable bonds is 8. The van der Waals surface area contributed by atoms with Crippen LogP contribution in [0.4, 0.5) is 32.0 Å². The van der Waals surface area contributed by atoms with Gasteiger partial charge in [0.05, 0.1) is 18.1 Å². The maximum atomic E-state index is 13.1. The lowest BCUT2D eigenvalue weighted by molar-refractivity contribution is -0.139. The van der Waals surface area contributed by atoms with Crippen molar-refractivity contribution >= 4 is 35.0 Å². The molecule has 166 valence electrons. The van der Waals surface area contributed by atoms with E-state index in [-0.39, 0.29) is 10.8 Å². The summed E-state index contributed by atoms with van der Waals surface area (Å²) in [6.07, 6.45) is -6.35. The van der Waals surface area contributed by atoms with Crippen LogP contribution >= 0.6 is 23.4 Å². The first kappa shape index (κ1) is 24.3. The molecule has 1 amide bonds. The number of alkyl halides is 6. The van der Waals surface area contributed by atoms with Gasteiger partial charge in [-0.25, -0.2) is 4.68 Å². The molecule has 0 saturated carbocycles. The van der Waals surface area contributed by atoms with Gasteiger partial charge in [-0.2, -0.15) is 43.2 Å². The molecule has 0 aliphatic heterocycles. The topological polar surface area (TPSA) is 51.0 Å². The van der Waals surface area contributed by atoms with E-state index in [2.05, 4.69) is 10.1 Å². The van der Waals surface area contributed by atoms with Crippen LogP contribution in [0.2, 0.25) is 5.15 Å². The SMILES string of the molecule is CSC(CC(=O)N(CCCC(F)(F)F)c1cn(-c2cccnc2)nc1Cl)C(F)(F)F. The van der Waals surface area contributed by atoms with Gasteiger partial charge in [0.15, 0.2) is 5.15 Å². The van der Waals surface area contributed by atoms with Crippen LogP contribution in [-0.2, 0) is 4.79 Å². The first-order valence-corrected chi connectivity index (χ1v) is 10.2. The van der Waals surface area contributed by atoms with Crippen LogP contribution in [0.25, 0.3) is 5.69 Å². The number of hydrogen-bond acceptors (Lipinski definition) is 4. The van der Waals surface area contributed by atoms with E-state index in [1.165, 1.54) is 29.5 Å². The highest BCUT2D eigenvalue weighted by atomic mass is 35.5. The van der Waals surface area contributed by atoms with Crippen LogP contribution in [-0.4, -0.2) is 51.1 Å². The van der Waals surface area contributed by atoms with Gasteiger partial charge in [-0.15, -0.1) is 0 Å². The molecule has 0 fully saturated rings. The van der Waals surface area contributed by atoms with E-state index < -0.39 is 49.3 Å². The molecule has 13 heteroatoms. The van der Waals surface area contributed by atoms with Crippen LogP contribution in [0.1, 0.15) is 19.3 Å². The Hall–Kier alpha value is -1.95. The second kappa shape index (κ2) is 9.90. The highest BCUT2D eigenvalue weighted by molar-refractivity contribution is 7.99. The van der Waals surface area contributed by atoms with Gasteiger partial charge in [0.25, 0.3) is 0 Å². The molecule has 0 bridgehead atoms. The van der Waals surface area contributed by atoms with Crippen LogP contribution in [0.5, 0.6) is 0 Å². The average Bonchev–Trinajstić information content (AvgIpc) is 3.03. The van der Waals surface area contributed by atoms with Crippen molar-refractivity contribution in [2.24, 2.45) is 0 Å². The summed E-state index contributed by atoms with van der Waals surface area (Å²) in [5.41, 5.74) is 0.375. The van der Waals surface area contributed by atoms with Crippen molar-refractivity contribution in [3.05, 3.63) is 35.9 Å². The number of nitrogens with zero attached hydrogens (tertiary/aromatic N) is 4. The molecular formula is C17H17ClF6N4OS. The third kappa shape index (κ3) is 6.79. The maximum Gasteiger partial charge on any atom is 0.401 e. The van der Waals surface area contributed by atoms with E-state index in [1.54, 1.807) is 12.1 Å². The zero-order chi connectivity index (χ0) is 22.5. The fourth-order valence-corrected chi connectivity index (χ4v) is 3.37. The number of halogens is 7. The number of thioether (sulfide) groups is 1. The van der Waals surface area contributed by atoms with E-state index in [0.29, 0.717) is 17.4 Å². The fourth-order valence-electron chi connectivity index (χ4n) is 2.56. The molecule has 0 aromatic carbocycles. The monoisotopic (exact) mass is 474 g/mol. The Bertz CT molecular complexity index is 843. The molecule has 2 aromatic heterocycles. The van der Waals surface area contributed by atoms with Crippen LogP contribution in [0, 0.1) is 0 Å². The van der Waals surface area contributed by atoms with E-state index in [9.17, 15) is 31.1 Å². The van der Waals surface area contributed by atoms with E-state index >= 15 is 0 Å². The number of carbonyl (C=O) groups excluding carboxylic acids is 1. The van der Waals surface area contributed by atoms with Gasteiger partial charge in [-0.05, 0) is 24.8 Å². The molecule has 2 aromatic rings. The number of carbonyl (C=O) groups is 1. The summed E-state index contributed by atoms with van der Waals surface area (Å²) in [6.45, 7) is -0.463. The number of hydrogen-bond donors (Lipinski definition) is 0. The average molecular weight is 475 g/mol. The third-order valence-corrected chi connectivity index (χ3v) is 5.28. The molecule has 2 heterocycles. The molecule has 0 aliphatic carbocycles. The summed E-state index contributed by atoms with van der Waals surface area (Å²) in [5, 5.41) is 1.76. The number of pyridine rings is 1. The Morgan fingerprint density at radius 3 is 2.53 bits per heavy atom. The summed E-state index contributed by atoms with van der Waals surface area (Å²) < 4.78 is 78.0. The molecule has 0 N–H and O–H groups in total. The fraction of sp³-hybridized carbons (Fsp3) is 0.471. The minimum Gasteiger partial charge on any atom is -0.308 e. The van der Waals surface area contributed by atoms with Gasteiger partial charge in [-0.1, -0.05) is 11.6 Å². The van der Waals surface area contributed by atoms with Crippen molar-refractivity contribution in [1.82, 2.24) is 14.8 Å².